The van der Waals surface area contributed by atoms with Crippen LogP contribution in [0.25, 0.3) is 39.2 Å². The Morgan fingerprint density at radius 2 is 1.35 bits per heavy atom. The molecule has 0 unspecified atom stereocenters. The zero-order valence-electron chi connectivity index (χ0n) is 20.0. The fourth-order valence-electron chi connectivity index (χ4n) is 5.96. The van der Waals surface area contributed by atoms with Crippen molar-refractivity contribution in [3.8, 4) is 28.2 Å². The van der Waals surface area contributed by atoms with E-state index in [-0.39, 0.29) is 7.43 Å². The van der Waals surface area contributed by atoms with E-state index in [1.807, 2.05) is 0 Å². The zero-order chi connectivity index (χ0) is 22.9. The molecule has 170 valence electrons. The Hall–Kier alpha value is -3.65. The molecule has 0 radical (unpaired) electrons. The van der Waals surface area contributed by atoms with E-state index < -0.39 is 0 Å². The average Bonchev–Trinajstić information content (AvgIpc) is 3.29. The molecule has 0 amide bonds. The normalized spacial score (nSPS) is 11.9. The predicted molar refractivity (Wildman–Crippen MR) is 144 cm³/mol. The van der Waals surface area contributed by atoms with Gasteiger partial charge in [-0.2, -0.15) is 4.57 Å². The van der Waals surface area contributed by atoms with E-state index in [9.17, 15) is 0 Å². The van der Waals surface area contributed by atoms with Crippen LogP contribution in [0.15, 0.2) is 72.8 Å². The van der Waals surface area contributed by atoms with E-state index in [1.54, 1.807) is 0 Å². The van der Waals surface area contributed by atoms with Crippen molar-refractivity contribution < 1.29 is 4.57 Å². The minimum Gasteiger partial charge on any atom is -0.225 e. The molecule has 0 aliphatic heterocycles. The van der Waals surface area contributed by atoms with Crippen molar-refractivity contribution in [2.75, 3.05) is 0 Å². The van der Waals surface area contributed by atoms with Gasteiger partial charge in [0.2, 0.25) is 0 Å². The van der Waals surface area contributed by atoms with Gasteiger partial charge in [-0.3, -0.25) is 0 Å². The molecule has 1 aromatic heterocycles. The summed E-state index contributed by atoms with van der Waals surface area (Å²) in [5, 5.41) is 0. The van der Waals surface area contributed by atoms with Gasteiger partial charge in [-0.1, -0.05) is 73.7 Å². The van der Waals surface area contributed by atoms with Gasteiger partial charge in [-0.15, -0.1) is 0 Å². The van der Waals surface area contributed by atoms with Gasteiger partial charge in [-0.25, -0.2) is 4.57 Å². The van der Waals surface area contributed by atoms with Crippen LogP contribution in [-0.4, -0.2) is 4.57 Å². The predicted octanol–water partition coefficient (Wildman–Crippen LogP) is 7.56. The lowest BCUT2D eigenvalue weighted by atomic mass is 10.0. The van der Waals surface area contributed by atoms with Crippen LogP contribution in [0.3, 0.4) is 0 Å². The lowest BCUT2D eigenvalue weighted by Crippen LogP contribution is -2.31. The quantitative estimate of drug-likeness (QED) is 0.243. The van der Waals surface area contributed by atoms with Crippen LogP contribution < -0.4 is 4.57 Å². The number of hydrogen-bond acceptors (Lipinski definition) is 0. The Morgan fingerprint density at radius 1 is 0.706 bits per heavy atom. The monoisotopic (exact) mass is 445 g/mol. The Kier molecular flexibility index (Phi) is 5.20. The molecule has 0 atom stereocenters. The molecule has 0 spiro atoms. The molecule has 1 aliphatic rings. The molecule has 2 nitrogen and oxygen atoms in total. The number of fused-ring (bicyclic) bond motifs is 5. The number of rotatable bonds is 2. The summed E-state index contributed by atoms with van der Waals surface area (Å²) in [5.41, 5.74) is 16.0. The summed E-state index contributed by atoms with van der Waals surface area (Å²) in [6.45, 7) is 8.88. The number of imidazole rings is 1. The van der Waals surface area contributed by atoms with Crippen LogP contribution >= 0.6 is 0 Å². The molecule has 34 heavy (non-hydrogen) atoms. The molecule has 0 N–H and O–H groups in total. The summed E-state index contributed by atoms with van der Waals surface area (Å²) in [7, 11) is 2.24. The molecular formula is C32H33N2+. The lowest BCUT2D eigenvalue weighted by Gasteiger charge is -2.12. The summed E-state index contributed by atoms with van der Waals surface area (Å²) in [5.74, 6) is 1.23. The van der Waals surface area contributed by atoms with Crippen LogP contribution in [-0.2, 0) is 13.5 Å². The Balaban J connectivity index is 0.00000241. The molecule has 5 aromatic rings. The van der Waals surface area contributed by atoms with E-state index in [1.165, 1.54) is 72.6 Å². The van der Waals surface area contributed by atoms with Gasteiger partial charge in [0.05, 0.1) is 12.6 Å². The van der Waals surface area contributed by atoms with Gasteiger partial charge in [0.15, 0.2) is 11.0 Å². The van der Waals surface area contributed by atoms with Crippen LogP contribution in [0.2, 0.25) is 0 Å². The van der Waals surface area contributed by atoms with Gasteiger partial charge in [0, 0.05) is 5.56 Å². The number of benzene rings is 4. The van der Waals surface area contributed by atoms with Crippen molar-refractivity contribution in [3.05, 3.63) is 106 Å². The minimum absolute atomic E-state index is 0. The fourth-order valence-corrected chi connectivity index (χ4v) is 5.96. The van der Waals surface area contributed by atoms with Crippen molar-refractivity contribution in [1.82, 2.24) is 4.57 Å². The second-order valence-electron chi connectivity index (χ2n) is 9.58. The molecule has 4 aromatic carbocycles. The molecule has 0 saturated carbocycles. The Bertz CT molecular complexity index is 1560. The van der Waals surface area contributed by atoms with Crippen LogP contribution in [0, 0.1) is 27.7 Å². The Labute approximate surface area is 203 Å². The topological polar surface area (TPSA) is 8.81 Å². The van der Waals surface area contributed by atoms with E-state index in [4.69, 9.17) is 0 Å². The highest BCUT2D eigenvalue weighted by molar-refractivity contribution is 5.97. The standard InChI is InChI=1S/C31H29N2.CH4/c1-19-16-21(3)29(22(4)17-19)33-27-15-14-24-18-23-11-7-9-13-26(23)28(24)30(27)32(5)31(33)25-12-8-6-10-20(25)2;/h6-17H,18H2,1-5H3;1H4/q+1;. The molecule has 1 aliphatic carbocycles. The highest BCUT2D eigenvalue weighted by Gasteiger charge is 2.33. The summed E-state index contributed by atoms with van der Waals surface area (Å²) in [6, 6.07) is 26.9. The van der Waals surface area contributed by atoms with Crippen LogP contribution in [0.4, 0.5) is 0 Å². The number of nitrogens with zero attached hydrogens (tertiary/aromatic N) is 2. The first-order valence-corrected chi connectivity index (χ1v) is 11.7. The van der Waals surface area contributed by atoms with Gasteiger partial charge >= 0.3 is 0 Å². The van der Waals surface area contributed by atoms with Crippen molar-refractivity contribution in [2.45, 2.75) is 41.5 Å². The van der Waals surface area contributed by atoms with Gasteiger partial charge < -0.3 is 0 Å². The van der Waals surface area contributed by atoms with Gasteiger partial charge in [-0.05, 0) is 79.6 Å². The second-order valence-corrected chi connectivity index (χ2v) is 9.58. The van der Waals surface area contributed by atoms with Crippen molar-refractivity contribution in [1.29, 1.82) is 0 Å². The highest BCUT2D eigenvalue weighted by atomic mass is 15.2. The minimum atomic E-state index is 0. The first-order chi connectivity index (χ1) is 16.0. The number of aromatic nitrogens is 2. The highest BCUT2D eigenvalue weighted by Crippen LogP contribution is 2.42. The third kappa shape index (κ3) is 3.05. The van der Waals surface area contributed by atoms with Crippen molar-refractivity contribution in [2.24, 2.45) is 7.05 Å². The summed E-state index contributed by atoms with van der Waals surface area (Å²) < 4.78 is 4.93. The maximum atomic E-state index is 2.50. The fraction of sp³-hybridized carbons (Fsp3) is 0.219. The largest absolute Gasteiger partial charge is 0.295 e. The molecule has 0 fully saturated rings. The average molecular weight is 446 g/mol. The van der Waals surface area contributed by atoms with Crippen LogP contribution in [0.5, 0.6) is 0 Å². The van der Waals surface area contributed by atoms with E-state index in [0.29, 0.717) is 0 Å². The summed E-state index contributed by atoms with van der Waals surface area (Å²) in [4.78, 5) is 0. The van der Waals surface area contributed by atoms with E-state index in [2.05, 4.69) is 117 Å². The lowest BCUT2D eigenvalue weighted by molar-refractivity contribution is -0.633. The maximum absolute atomic E-state index is 2.50. The molecule has 0 bridgehead atoms. The number of aryl methyl sites for hydroxylation is 5. The zero-order valence-corrected chi connectivity index (χ0v) is 20.0. The molecular weight excluding hydrogens is 412 g/mol. The third-order valence-corrected chi connectivity index (χ3v) is 7.26. The summed E-state index contributed by atoms with van der Waals surface area (Å²) >= 11 is 0. The van der Waals surface area contributed by atoms with E-state index in [0.717, 1.165) is 6.42 Å². The van der Waals surface area contributed by atoms with Crippen molar-refractivity contribution in [3.63, 3.8) is 0 Å². The molecule has 1 heterocycles. The van der Waals surface area contributed by atoms with Crippen LogP contribution in [0.1, 0.15) is 40.8 Å². The third-order valence-electron chi connectivity index (χ3n) is 7.26. The smallest absolute Gasteiger partial charge is 0.225 e. The molecule has 0 saturated heterocycles. The maximum Gasteiger partial charge on any atom is 0.295 e. The first-order valence-electron chi connectivity index (χ1n) is 11.7. The summed E-state index contributed by atoms with van der Waals surface area (Å²) in [6.07, 6.45) is 1.01. The number of hydrogen-bond donors (Lipinski definition) is 0. The molecule has 6 rings (SSSR count). The second kappa shape index (κ2) is 7.99. The van der Waals surface area contributed by atoms with Gasteiger partial charge in [0.25, 0.3) is 5.82 Å². The first kappa shape index (κ1) is 22.2. The van der Waals surface area contributed by atoms with Gasteiger partial charge in [0.1, 0.15) is 5.69 Å². The Morgan fingerprint density at radius 3 is 2.06 bits per heavy atom. The van der Waals surface area contributed by atoms with E-state index >= 15 is 0 Å². The molecule has 2 heteroatoms. The van der Waals surface area contributed by atoms with Crippen molar-refractivity contribution >= 4 is 11.0 Å². The SMILES string of the molecule is C.Cc1cc(C)c(-n2c(-c3ccccc3C)[n+](C)c3c4c(ccc32)Cc2ccccc2-4)c(C)c1.